The molecule has 0 saturated carbocycles. The fourth-order valence-corrected chi connectivity index (χ4v) is 3.68. The second-order valence-corrected chi connectivity index (χ2v) is 7.16. The van der Waals surface area contributed by atoms with Gasteiger partial charge in [-0.1, -0.05) is 17.8 Å². The minimum Gasteiger partial charge on any atom is -0.455 e. The third kappa shape index (κ3) is 4.55. The summed E-state index contributed by atoms with van der Waals surface area (Å²) in [5.41, 5.74) is 0.792. The zero-order valence-corrected chi connectivity index (χ0v) is 15.3. The molecule has 0 atom stereocenters. The van der Waals surface area contributed by atoms with Gasteiger partial charge in [0.2, 0.25) is 0 Å². The van der Waals surface area contributed by atoms with Crippen molar-refractivity contribution in [2.75, 3.05) is 17.7 Å². The number of carbonyl (C=O) groups excluding carboxylic acids is 2. The highest BCUT2D eigenvalue weighted by Crippen LogP contribution is 2.27. The van der Waals surface area contributed by atoms with Gasteiger partial charge in [-0.15, -0.1) is 11.3 Å². The first-order valence-corrected chi connectivity index (χ1v) is 9.42. The van der Waals surface area contributed by atoms with Crippen LogP contribution in [0.25, 0.3) is 10.2 Å². The topological polar surface area (TPSA) is 81.2 Å². The predicted molar refractivity (Wildman–Crippen MR) is 98.9 cm³/mol. The number of thioether (sulfide) groups is 1. The number of nitrogens with zero attached hydrogens (tertiary/aromatic N) is 2. The van der Waals surface area contributed by atoms with E-state index >= 15 is 0 Å². The maximum Gasteiger partial charge on any atom is 0.316 e. The van der Waals surface area contributed by atoms with Crippen LogP contribution in [0, 0.1) is 12.7 Å². The van der Waals surface area contributed by atoms with Crippen molar-refractivity contribution in [2.45, 2.75) is 11.9 Å². The average molecular weight is 391 g/mol. The zero-order chi connectivity index (χ0) is 18.5. The number of hydrogen-bond donors (Lipinski definition) is 1. The van der Waals surface area contributed by atoms with E-state index in [1.807, 2.05) is 11.4 Å². The van der Waals surface area contributed by atoms with E-state index in [0.717, 1.165) is 15.8 Å². The second kappa shape index (κ2) is 8.24. The minimum atomic E-state index is -0.603. The SMILES string of the molecule is Cc1ccc(NC(=O)COC(=O)CSc2ncnc3sccc23)c(F)c1. The average Bonchev–Trinajstić information content (AvgIpc) is 3.10. The summed E-state index contributed by atoms with van der Waals surface area (Å²) in [6, 6.07) is 6.33. The summed E-state index contributed by atoms with van der Waals surface area (Å²) >= 11 is 2.70. The maximum absolute atomic E-state index is 13.7. The van der Waals surface area contributed by atoms with Crippen molar-refractivity contribution < 1.29 is 18.7 Å². The molecule has 134 valence electrons. The molecular weight excluding hydrogens is 377 g/mol. The summed E-state index contributed by atoms with van der Waals surface area (Å²) in [5, 5.41) is 5.83. The molecule has 2 aromatic heterocycles. The van der Waals surface area contributed by atoms with E-state index in [9.17, 15) is 14.0 Å². The Morgan fingerprint density at radius 1 is 1.31 bits per heavy atom. The Morgan fingerprint density at radius 3 is 2.96 bits per heavy atom. The molecule has 3 aromatic rings. The molecule has 0 aliphatic rings. The zero-order valence-electron chi connectivity index (χ0n) is 13.7. The van der Waals surface area contributed by atoms with Crippen LogP contribution in [-0.2, 0) is 14.3 Å². The van der Waals surface area contributed by atoms with E-state index in [1.165, 1.54) is 41.6 Å². The molecule has 0 unspecified atom stereocenters. The lowest BCUT2D eigenvalue weighted by Crippen LogP contribution is -2.22. The Kier molecular flexibility index (Phi) is 5.79. The van der Waals surface area contributed by atoms with Gasteiger partial charge in [0, 0.05) is 5.39 Å². The van der Waals surface area contributed by atoms with Gasteiger partial charge in [-0.2, -0.15) is 0 Å². The third-order valence-electron chi connectivity index (χ3n) is 3.31. The molecule has 9 heteroatoms. The van der Waals surface area contributed by atoms with Crippen molar-refractivity contribution in [3.63, 3.8) is 0 Å². The summed E-state index contributed by atoms with van der Waals surface area (Å²) in [5.74, 6) is -1.69. The molecule has 0 bridgehead atoms. The molecule has 1 amide bonds. The molecule has 0 radical (unpaired) electrons. The fourth-order valence-electron chi connectivity index (χ4n) is 2.11. The van der Waals surface area contributed by atoms with Crippen LogP contribution < -0.4 is 5.32 Å². The van der Waals surface area contributed by atoms with E-state index < -0.39 is 24.3 Å². The van der Waals surface area contributed by atoms with Crippen LogP contribution >= 0.6 is 23.1 Å². The van der Waals surface area contributed by atoms with Crippen LogP contribution in [0.5, 0.6) is 0 Å². The largest absolute Gasteiger partial charge is 0.455 e. The van der Waals surface area contributed by atoms with Crippen molar-refractivity contribution >= 4 is 50.9 Å². The number of thiophene rings is 1. The van der Waals surface area contributed by atoms with E-state index in [0.29, 0.717) is 5.03 Å². The Labute approximate surface area is 156 Å². The summed E-state index contributed by atoms with van der Waals surface area (Å²) < 4.78 is 18.6. The predicted octanol–water partition coefficient (Wildman–Crippen LogP) is 3.41. The molecule has 1 aromatic carbocycles. The number of rotatable bonds is 6. The molecule has 0 saturated heterocycles. The molecule has 0 spiro atoms. The number of nitrogens with one attached hydrogen (secondary N) is 1. The van der Waals surface area contributed by atoms with Crippen molar-refractivity contribution in [3.8, 4) is 0 Å². The Balaban J connectivity index is 1.48. The van der Waals surface area contributed by atoms with Crippen LogP contribution in [0.15, 0.2) is 41.0 Å². The highest BCUT2D eigenvalue weighted by Gasteiger charge is 2.12. The third-order valence-corrected chi connectivity index (χ3v) is 5.11. The normalized spacial score (nSPS) is 10.7. The van der Waals surface area contributed by atoms with Gasteiger partial charge in [0.25, 0.3) is 5.91 Å². The van der Waals surface area contributed by atoms with Gasteiger partial charge in [0.05, 0.1) is 11.4 Å². The van der Waals surface area contributed by atoms with Gasteiger partial charge in [-0.3, -0.25) is 9.59 Å². The number of anilines is 1. The molecule has 1 N–H and O–H groups in total. The Morgan fingerprint density at radius 2 is 2.15 bits per heavy atom. The number of halogens is 1. The maximum atomic E-state index is 13.7. The second-order valence-electron chi connectivity index (χ2n) is 5.30. The summed E-state index contributed by atoms with van der Waals surface area (Å²) in [6.45, 7) is 1.26. The van der Waals surface area contributed by atoms with Crippen molar-refractivity contribution in [1.29, 1.82) is 0 Å². The first-order chi connectivity index (χ1) is 12.5. The van der Waals surface area contributed by atoms with Gasteiger partial charge in [0.1, 0.15) is 22.0 Å². The minimum absolute atomic E-state index is 0.00807. The van der Waals surface area contributed by atoms with Crippen LogP contribution in [-0.4, -0.2) is 34.2 Å². The van der Waals surface area contributed by atoms with Crippen LogP contribution in [0.1, 0.15) is 5.56 Å². The van der Waals surface area contributed by atoms with Crippen LogP contribution in [0.2, 0.25) is 0 Å². The Hall–Kier alpha value is -2.52. The van der Waals surface area contributed by atoms with Gasteiger partial charge in [-0.25, -0.2) is 14.4 Å². The van der Waals surface area contributed by atoms with E-state index in [4.69, 9.17) is 4.74 Å². The van der Waals surface area contributed by atoms with Gasteiger partial charge < -0.3 is 10.1 Å². The lowest BCUT2D eigenvalue weighted by molar-refractivity contribution is -0.144. The van der Waals surface area contributed by atoms with Crippen molar-refractivity contribution in [2.24, 2.45) is 0 Å². The molecule has 0 aliphatic carbocycles. The molecule has 3 rings (SSSR count). The van der Waals surface area contributed by atoms with Gasteiger partial charge in [0.15, 0.2) is 6.61 Å². The highest BCUT2D eigenvalue weighted by molar-refractivity contribution is 8.00. The van der Waals surface area contributed by atoms with E-state index in [1.54, 1.807) is 13.0 Å². The van der Waals surface area contributed by atoms with Crippen molar-refractivity contribution in [1.82, 2.24) is 9.97 Å². The highest BCUT2D eigenvalue weighted by atomic mass is 32.2. The van der Waals surface area contributed by atoms with E-state index in [2.05, 4.69) is 15.3 Å². The van der Waals surface area contributed by atoms with Crippen LogP contribution in [0.3, 0.4) is 0 Å². The number of esters is 1. The Bertz CT molecular complexity index is 961. The first-order valence-electron chi connectivity index (χ1n) is 7.55. The lowest BCUT2D eigenvalue weighted by Gasteiger charge is -2.08. The number of carbonyl (C=O) groups is 2. The van der Waals surface area contributed by atoms with Gasteiger partial charge >= 0.3 is 5.97 Å². The molecule has 26 heavy (non-hydrogen) atoms. The number of fused-ring (bicyclic) bond motifs is 1. The van der Waals surface area contributed by atoms with Crippen molar-refractivity contribution in [3.05, 3.63) is 47.4 Å². The summed E-state index contributed by atoms with van der Waals surface area (Å²) in [4.78, 5) is 32.7. The molecule has 0 aliphatic heterocycles. The number of hydrogen-bond acceptors (Lipinski definition) is 7. The first kappa shape index (κ1) is 18.3. The fraction of sp³-hybridized carbons (Fsp3) is 0.176. The summed E-state index contributed by atoms with van der Waals surface area (Å²) in [6.07, 6.45) is 1.44. The smallest absolute Gasteiger partial charge is 0.316 e. The molecular formula is C17H14FN3O3S2. The molecule has 6 nitrogen and oxygen atoms in total. The monoisotopic (exact) mass is 391 g/mol. The number of aromatic nitrogens is 2. The van der Waals surface area contributed by atoms with Crippen LogP contribution in [0.4, 0.5) is 10.1 Å². The number of benzene rings is 1. The molecule has 2 heterocycles. The number of aryl methyl sites for hydroxylation is 1. The quantitative estimate of drug-likeness (QED) is 0.394. The number of amides is 1. The lowest BCUT2D eigenvalue weighted by atomic mass is 10.2. The molecule has 0 fully saturated rings. The van der Waals surface area contributed by atoms with E-state index in [-0.39, 0.29) is 11.4 Å². The number of ether oxygens (including phenoxy) is 1. The van der Waals surface area contributed by atoms with Gasteiger partial charge in [-0.05, 0) is 36.1 Å². The standard InChI is InChI=1S/C17H14FN3O3S2/c1-10-2-3-13(12(18)6-10)21-14(22)7-24-15(23)8-26-17-11-4-5-25-16(11)19-9-20-17/h2-6,9H,7-8H2,1H3,(H,21,22). The summed E-state index contributed by atoms with van der Waals surface area (Å²) in [7, 11) is 0.